The highest BCUT2D eigenvalue weighted by molar-refractivity contribution is 5.83. The number of carbonyl (C=O) groups excluding carboxylic acids is 2. The van der Waals surface area contributed by atoms with Crippen LogP contribution in [0, 0.1) is 12.3 Å². The number of nitrogens with zero attached hydrogens (tertiary/aromatic N) is 3. The van der Waals surface area contributed by atoms with Crippen LogP contribution in [0.2, 0.25) is 0 Å². The number of hydrogen-bond acceptors (Lipinski definition) is 5. The fourth-order valence-corrected chi connectivity index (χ4v) is 6.33. The van der Waals surface area contributed by atoms with Gasteiger partial charge in [0, 0.05) is 19.3 Å². The molecule has 1 spiro atoms. The Morgan fingerprint density at radius 2 is 1.89 bits per heavy atom. The van der Waals surface area contributed by atoms with E-state index in [0.717, 1.165) is 94.4 Å². The minimum absolute atomic E-state index is 0.0783. The minimum atomic E-state index is -0.337. The van der Waals surface area contributed by atoms with E-state index in [1.807, 2.05) is 30.2 Å². The standard InChI is InChI=1S/C31H42N4O3/c1-24-12-13-26(33-22-24)27-10-6-18-35(27)29(36)23-34-19-15-31(16-20-34)14-5-4-9-25-8-2-3-11-28(25)38-21-7-17-32-30(31)37/h2-3,8,11-13,22,27H,4-7,9-10,14-21,23H2,1H3,(H,32,37). The second-order valence-electron chi connectivity index (χ2n) is 11.3. The molecular weight excluding hydrogens is 476 g/mol. The first-order chi connectivity index (χ1) is 18.5. The maximum Gasteiger partial charge on any atom is 0.237 e. The number of benzene rings is 1. The van der Waals surface area contributed by atoms with Crippen molar-refractivity contribution in [3.63, 3.8) is 0 Å². The Bertz CT molecular complexity index is 1090. The molecular formula is C31H42N4O3. The van der Waals surface area contributed by atoms with Crippen LogP contribution >= 0.6 is 0 Å². The summed E-state index contributed by atoms with van der Waals surface area (Å²) in [6.07, 6.45) is 10.2. The number of aryl methyl sites for hydroxylation is 2. The quantitative estimate of drug-likeness (QED) is 0.650. The lowest BCUT2D eigenvalue weighted by Gasteiger charge is -2.41. The van der Waals surface area contributed by atoms with Crippen molar-refractivity contribution in [1.82, 2.24) is 20.1 Å². The van der Waals surface area contributed by atoms with E-state index in [9.17, 15) is 9.59 Å². The predicted molar refractivity (Wildman–Crippen MR) is 148 cm³/mol. The van der Waals surface area contributed by atoms with Gasteiger partial charge in [-0.3, -0.25) is 19.5 Å². The van der Waals surface area contributed by atoms with E-state index in [0.29, 0.717) is 19.7 Å². The van der Waals surface area contributed by atoms with Crippen LogP contribution in [0.5, 0.6) is 5.75 Å². The van der Waals surface area contributed by atoms with E-state index < -0.39 is 0 Å². The molecule has 1 N–H and O–H groups in total. The normalized spacial score (nSPS) is 22.9. The molecule has 7 heteroatoms. The molecule has 0 aliphatic carbocycles. The molecule has 2 saturated heterocycles. The number of para-hydroxylation sites is 1. The number of pyridine rings is 1. The molecule has 1 aromatic heterocycles. The Kier molecular flexibility index (Phi) is 8.62. The van der Waals surface area contributed by atoms with E-state index in [-0.39, 0.29) is 23.3 Å². The summed E-state index contributed by atoms with van der Waals surface area (Å²) in [6, 6.07) is 12.5. The van der Waals surface area contributed by atoms with Gasteiger partial charge in [0.15, 0.2) is 0 Å². The van der Waals surface area contributed by atoms with E-state index >= 15 is 0 Å². The molecule has 5 rings (SSSR count). The van der Waals surface area contributed by atoms with E-state index in [1.54, 1.807) is 0 Å². The lowest BCUT2D eigenvalue weighted by molar-refractivity contribution is -0.137. The molecule has 1 aromatic carbocycles. The molecule has 3 aliphatic heterocycles. The average molecular weight is 519 g/mol. The lowest BCUT2D eigenvalue weighted by Crippen LogP contribution is -2.51. The fourth-order valence-electron chi connectivity index (χ4n) is 6.33. The van der Waals surface area contributed by atoms with Crippen molar-refractivity contribution >= 4 is 11.8 Å². The molecule has 38 heavy (non-hydrogen) atoms. The molecule has 2 amide bonds. The van der Waals surface area contributed by atoms with Crippen LogP contribution in [-0.4, -0.2) is 65.9 Å². The molecule has 0 radical (unpaired) electrons. The predicted octanol–water partition coefficient (Wildman–Crippen LogP) is 4.45. The fraction of sp³-hybridized carbons (Fsp3) is 0.581. The van der Waals surface area contributed by atoms with Crippen LogP contribution in [0.3, 0.4) is 0 Å². The van der Waals surface area contributed by atoms with Crippen molar-refractivity contribution in [3.05, 3.63) is 59.4 Å². The van der Waals surface area contributed by atoms with E-state index in [1.165, 1.54) is 5.56 Å². The van der Waals surface area contributed by atoms with Crippen molar-refractivity contribution in [2.75, 3.05) is 39.3 Å². The summed E-state index contributed by atoms with van der Waals surface area (Å²) in [4.78, 5) is 35.7. The van der Waals surface area contributed by atoms with Gasteiger partial charge in [-0.1, -0.05) is 30.7 Å². The van der Waals surface area contributed by atoms with Gasteiger partial charge in [0.25, 0.3) is 0 Å². The highest BCUT2D eigenvalue weighted by Gasteiger charge is 2.41. The first kappa shape index (κ1) is 26.7. The molecule has 0 bridgehead atoms. The summed E-state index contributed by atoms with van der Waals surface area (Å²) in [5, 5.41) is 3.21. The number of ether oxygens (including phenoxy) is 1. The molecule has 204 valence electrons. The van der Waals surface area contributed by atoms with Crippen molar-refractivity contribution in [2.24, 2.45) is 5.41 Å². The summed E-state index contributed by atoms with van der Waals surface area (Å²) in [5.41, 5.74) is 3.05. The average Bonchev–Trinajstić information content (AvgIpc) is 3.43. The zero-order valence-electron chi connectivity index (χ0n) is 22.8. The maximum atomic E-state index is 13.4. The highest BCUT2D eigenvalue weighted by atomic mass is 16.5. The van der Waals surface area contributed by atoms with E-state index in [4.69, 9.17) is 4.74 Å². The number of fused-ring (bicyclic) bond motifs is 1. The number of carbonyl (C=O) groups is 2. The summed E-state index contributed by atoms with van der Waals surface area (Å²) in [5.74, 6) is 1.35. The minimum Gasteiger partial charge on any atom is -0.493 e. The third kappa shape index (κ3) is 6.20. The molecule has 1 atom stereocenters. The van der Waals surface area contributed by atoms with Crippen LogP contribution in [0.15, 0.2) is 42.6 Å². The largest absolute Gasteiger partial charge is 0.493 e. The Hall–Kier alpha value is -2.93. The van der Waals surface area contributed by atoms with Gasteiger partial charge in [-0.05, 0) is 94.6 Å². The number of aromatic nitrogens is 1. The highest BCUT2D eigenvalue weighted by Crippen LogP contribution is 2.38. The Labute approximate surface area is 226 Å². The monoisotopic (exact) mass is 518 g/mol. The van der Waals surface area contributed by atoms with Crippen molar-refractivity contribution in [3.8, 4) is 5.75 Å². The smallest absolute Gasteiger partial charge is 0.237 e. The molecule has 2 aromatic rings. The number of likely N-dealkylation sites (tertiary alicyclic amines) is 2. The first-order valence-electron chi connectivity index (χ1n) is 14.5. The zero-order valence-corrected chi connectivity index (χ0v) is 22.8. The van der Waals surface area contributed by atoms with Crippen molar-refractivity contribution in [1.29, 1.82) is 0 Å². The van der Waals surface area contributed by atoms with Gasteiger partial charge in [0.1, 0.15) is 5.75 Å². The molecule has 3 aliphatic rings. The van der Waals surface area contributed by atoms with Crippen molar-refractivity contribution in [2.45, 2.75) is 70.8 Å². The van der Waals surface area contributed by atoms with Gasteiger partial charge in [-0.25, -0.2) is 0 Å². The summed E-state index contributed by atoms with van der Waals surface area (Å²) < 4.78 is 6.01. The molecule has 7 nitrogen and oxygen atoms in total. The molecule has 0 saturated carbocycles. The number of rotatable bonds is 3. The maximum absolute atomic E-state index is 13.4. The summed E-state index contributed by atoms with van der Waals surface area (Å²) in [7, 11) is 0. The molecule has 2 fully saturated rings. The lowest BCUT2D eigenvalue weighted by atomic mass is 9.73. The Morgan fingerprint density at radius 1 is 1.05 bits per heavy atom. The summed E-state index contributed by atoms with van der Waals surface area (Å²) in [6.45, 7) is 6.07. The molecule has 1 unspecified atom stereocenters. The van der Waals surface area contributed by atoms with Gasteiger partial charge in [-0.15, -0.1) is 0 Å². The van der Waals surface area contributed by atoms with Gasteiger partial charge in [0.2, 0.25) is 11.8 Å². The van der Waals surface area contributed by atoms with E-state index in [2.05, 4.69) is 39.5 Å². The zero-order chi connectivity index (χ0) is 26.4. The third-order valence-corrected chi connectivity index (χ3v) is 8.69. The number of amides is 2. The Morgan fingerprint density at radius 3 is 2.71 bits per heavy atom. The Balaban J connectivity index is 1.18. The van der Waals surface area contributed by atoms with Gasteiger partial charge in [-0.2, -0.15) is 0 Å². The van der Waals surface area contributed by atoms with Crippen molar-refractivity contribution < 1.29 is 14.3 Å². The van der Waals surface area contributed by atoms with Gasteiger partial charge in [0.05, 0.1) is 30.3 Å². The number of piperidine rings is 1. The topological polar surface area (TPSA) is 74.8 Å². The van der Waals surface area contributed by atoms with Crippen LogP contribution < -0.4 is 10.1 Å². The van der Waals surface area contributed by atoms with Crippen LogP contribution in [0.25, 0.3) is 0 Å². The van der Waals surface area contributed by atoms with Crippen LogP contribution in [0.4, 0.5) is 0 Å². The van der Waals surface area contributed by atoms with Gasteiger partial charge >= 0.3 is 0 Å². The SMILES string of the molecule is Cc1ccc(C2CCCN2C(=O)CN2CCC3(CCCCc4ccccc4OCCCNC3=O)CC2)nc1. The van der Waals surface area contributed by atoms with Gasteiger partial charge < -0.3 is 15.0 Å². The third-order valence-electron chi connectivity index (χ3n) is 8.69. The number of hydrogen-bond donors (Lipinski definition) is 1. The van der Waals surface area contributed by atoms with Crippen LogP contribution in [-0.2, 0) is 16.0 Å². The molecule has 4 heterocycles. The van der Waals surface area contributed by atoms with Crippen LogP contribution in [0.1, 0.15) is 74.2 Å². The second-order valence-corrected chi connectivity index (χ2v) is 11.3. The summed E-state index contributed by atoms with van der Waals surface area (Å²) >= 11 is 0. The number of nitrogens with one attached hydrogen (secondary N) is 1. The second kappa shape index (κ2) is 12.3. The first-order valence-corrected chi connectivity index (χ1v) is 14.5.